The molecule has 2 aromatic heterocycles. The fourth-order valence-corrected chi connectivity index (χ4v) is 4.22. The molecule has 0 aliphatic carbocycles. The van der Waals surface area contributed by atoms with Gasteiger partial charge in [0.15, 0.2) is 0 Å². The molecular weight excluding hydrogens is 416 g/mol. The molecule has 33 heavy (non-hydrogen) atoms. The van der Waals surface area contributed by atoms with Crippen molar-refractivity contribution >= 4 is 11.7 Å². The first-order chi connectivity index (χ1) is 16.0. The number of benzene rings is 2. The van der Waals surface area contributed by atoms with Crippen LogP contribution in [0.2, 0.25) is 0 Å². The molecule has 1 amide bonds. The van der Waals surface area contributed by atoms with Crippen LogP contribution in [0.1, 0.15) is 43.0 Å². The van der Waals surface area contributed by atoms with E-state index < -0.39 is 0 Å². The topological polar surface area (TPSA) is 94.8 Å². The molecule has 0 spiro atoms. The molecule has 1 unspecified atom stereocenters. The van der Waals surface area contributed by atoms with Crippen molar-refractivity contribution in [3.8, 4) is 23.0 Å². The third-order valence-corrected chi connectivity index (χ3v) is 5.57. The number of aryl methyl sites for hydroxylation is 1. The van der Waals surface area contributed by atoms with Gasteiger partial charge in [0.2, 0.25) is 5.91 Å². The summed E-state index contributed by atoms with van der Waals surface area (Å²) in [4.78, 5) is 17.4. The van der Waals surface area contributed by atoms with Crippen molar-refractivity contribution in [1.29, 1.82) is 0 Å². The van der Waals surface area contributed by atoms with E-state index in [-0.39, 0.29) is 17.9 Å². The van der Waals surface area contributed by atoms with Gasteiger partial charge in [-0.25, -0.2) is 4.98 Å². The summed E-state index contributed by atoms with van der Waals surface area (Å²) in [5.74, 6) is 1.35. The van der Waals surface area contributed by atoms with Crippen LogP contribution in [0.4, 0.5) is 5.82 Å². The maximum atomic E-state index is 12.8. The van der Waals surface area contributed by atoms with Gasteiger partial charge in [0.1, 0.15) is 11.6 Å². The maximum absolute atomic E-state index is 12.8. The summed E-state index contributed by atoms with van der Waals surface area (Å²) in [6.07, 6.45) is 1.94. The summed E-state index contributed by atoms with van der Waals surface area (Å²) < 4.78 is 7.62. The molecule has 0 fully saturated rings. The first kappa shape index (κ1) is 20.8. The van der Waals surface area contributed by atoms with Gasteiger partial charge >= 0.3 is 0 Å². The number of nitrogens with zero attached hydrogens (tertiary/aromatic N) is 5. The highest BCUT2D eigenvalue weighted by Crippen LogP contribution is 2.43. The number of rotatable bonds is 5. The quantitative estimate of drug-likeness (QED) is 0.497. The molecule has 166 valence electrons. The Bertz CT molecular complexity index is 1320. The van der Waals surface area contributed by atoms with Crippen molar-refractivity contribution in [2.45, 2.75) is 39.2 Å². The highest BCUT2D eigenvalue weighted by atomic mass is 16.5. The van der Waals surface area contributed by atoms with Gasteiger partial charge in [-0.1, -0.05) is 48.5 Å². The van der Waals surface area contributed by atoms with Crippen molar-refractivity contribution in [1.82, 2.24) is 25.0 Å². The van der Waals surface area contributed by atoms with Crippen LogP contribution < -0.4 is 10.1 Å². The van der Waals surface area contributed by atoms with Crippen molar-refractivity contribution in [2.75, 3.05) is 5.32 Å². The largest absolute Gasteiger partial charge is 0.491 e. The van der Waals surface area contributed by atoms with E-state index in [0.29, 0.717) is 23.9 Å². The molecule has 1 aliphatic rings. The van der Waals surface area contributed by atoms with E-state index >= 15 is 0 Å². The fourth-order valence-electron chi connectivity index (χ4n) is 4.22. The Hall–Kier alpha value is -4.07. The number of hydrogen-bond donors (Lipinski definition) is 1. The SMILES string of the molecule is Cc1nn(-c2nncc(-c3ccccc3)n2)c2c1C(c1ccccc1OC(C)C)CC(=O)N2. The van der Waals surface area contributed by atoms with Crippen LogP contribution in [0.5, 0.6) is 5.75 Å². The number of para-hydroxylation sites is 1. The van der Waals surface area contributed by atoms with E-state index in [2.05, 4.69) is 20.5 Å². The molecule has 8 heteroatoms. The Kier molecular flexibility index (Phi) is 5.34. The number of nitrogens with one attached hydrogen (secondary N) is 1. The predicted octanol–water partition coefficient (Wildman–Crippen LogP) is 4.29. The van der Waals surface area contributed by atoms with Crippen molar-refractivity contribution in [3.05, 3.63) is 77.6 Å². The van der Waals surface area contributed by atoms with Gasteiger partial charge in [-0.05, 0) is 26.8 Å². The summed E-state index contributed by atoms with van der Waals surface area (Å²) >= 11 is 0. The molecule has 4 aromatic rings. The third-order valence-electron chi connectivity index (χ3n) is 5.57. The summed E-state index contributed by atoms with van der Waals surface area (Å²) in [7, 11) is 0. The summed E-state index contributed by atoms with van der Waals surface area (Å²) in [6.45, 7) is 5.91. The zero-order valence-electron chi connectivity index (χ0n) is 18.7. The Balaban J connectivity index is 1.62. The number of ether oxygens (including phenoxy) is 1. The van der Waals surface area contributed by atoms with E-state index in [0.717, 1.165) is 28.1 Å². The second kappa shape index (κ2) is 8.46. The van der Waals surface area contributed by atoms with E-state index in [1.165, 1.54) is 0 Å². The summed E-state index contributed by atoms with van der Waals surface area (Å²) in [6, 6.07) is 17.6. The Morgan fingerprint density at radius 2 is 1.85 bits per heavy atom. The van der Waals surface area contributed by atoms with E-state index in [9.17, 15) is 4.79 Å². The summed E-state index contributed by atoms with van der Waals surface area (Å²) in [5, 5.41) is 16.0. The van der Waals surface area contributed by atoms with E-state index in [1.807, 2.05) is 75.4 Å². The van der Waals surface area contributed by atoms with Crippen molar-refractivity contribution in [3.63, 3.8) is 0 Å². The third kappa shape index (κ3) is 3.95. The second-order valence-corrected chi connectivity index (χ2v) is 8.28. The lowest BCUT2D eigenvalue weighted by Gasteiger charge is -2.26. The zero-order chi connectivity index (χ0) is 22.9. The van der Waals surface area contributed by atoms with Crippen LogP contribution in [-0.2, 0) is 4.79 Å². The minimum atomic E-state index is -0.192. The molecule has 1 atom stereocenters. The number of amides is 1. The minimum Gasteiger partial charge on any atom is -0.491 e. The molecular formula is C25H24N6O2. The lowest BCUT2D eigenvalue weighted by molar-refractivity contribution is -0.116. The smallest absolute Gasteiger partial charge is 0.272 e. The predicted molar refractivity (Wildman–Crippen MR) is 124 cm³/mol. The number of aromatic nitrogens is 5. The van der Waals surface area contributed by atoms with Crippen LogP contribution >= 0.6 is 0 Å². The monoisotopic (exact) mass is 440 g/mol. The van der Waals surface area contributed by atoms with Gasteiger partial charge in [-0.3, -0.25) is 4.79 Å². The first-order valence-corrected chi connectivity index (χ1v) is 10.9. The summed E-state index contributed by atoms with van der Waals surface area (Å²) in [5.41, 5.74) is 4.29. The average molecular weight is 441 g/mol. The Morgan fingerprint density at radius 3 is 2.64 bits per heavy atom. The minimum absolute atomic E-state index is 0.0204. The Labute approximate surface area is 191 Å². The maximum Gasteiger partial charge on any atom is 0.272 e. The average Bonchev–Trinajstić information content (AvgIpc) is 3.15. The van der Waals surface area contributed by atoms with Crippen LogP contribution in [0.15, 0.2) is 60.8 Å². The van der Waals surface area contributed by atoms with E-state index in [4.69, 9.17) is 9.84 Å². The highest BCUT2D eigenvalue weighted by Gasteiger charge is 2.34. The van der Waals surface area contributed by atoms with E-state index in [1.54, 1.807) is 10.9 Å². The van der Waals surface area contributed by atoms with Gasteiger partial charge in [0.05, 0.1) is 23.7 Å². The van der Waals surface area contributed by atoms with Crippen molar-refractivity contribution < 1.29 is 9.53 Å². The van der Waals surface area contributed by atoms with Gasteiger partial charge < -0.3 is 10.1 Å². The molecule has 5 rings (SSSR count). The van der Waals surface area contributed by atoms with Gasteiger partial charge in [-0.15, -0.1) is 5.10 Å². The molecule has 2 aromatic carbocycles. The van der Waals surface area contributed by atoms with Crippen LogP contribution in [-0.4, -0.2) is 37.0 Å². The van der Waals surface area contributed by atoms with Crippen LogP contribution in [0.3, 0.4) is 0 Å². The molecule has 0 saturated carbocycles. The van der Waals surface area contributed by atoms with Crippen molar-refractivity contribution in [2.24, 2.45) is 0 Å². The molecule has 1 aliphatic heterocycles. The lowest BCUT2D eigenvalue weighted by Crippen LogP contribution is -2.25. The lowest BCUT2D eigenvalue weighted by atomic mass is 9.85. The second-order valence-electron chi connectivity index (χ2n) is 8.28. The van der Waals surface area contributed by atoms with Crippen LogP contribution in [0, 0.1) is 6.92 Å². The number of carbonyl (C=O) groups is 1. The normalized spacial score (nSPS) is 15.3. The number of anilines is 1. The van der Waals surface area contributed by atoms with Gasteiger partial charge in [-0.2, -0.15) is 14.9 Å². The molecule has 8 nitrogen and oxygen atoms in total. The zero-order valence-corrected chi connectivity index (χ0v) is 18.7. The fraction of sp³-hybridized carbons (Fsp3) is 0.240. The first-order valence-electron chi connectivity index (χ1n) is 10.9. The molecule has 3 heterocycles. The molecule has 1 N–H and O–H groups in total. The molecule has 0 saturated heterocycles. The standard InChI is InChI=1S/C25H24N6O2/c1-15(2)33-21-12-8-7-11-18(21)19-13-22(32)28-24-23(19)16(3)30-31(24)25-27-20(14-26-29-25)17-9-5-4-6-10-17/h4-12,14-15,19H,13H2,1-3H3,(H,28,32). The number of hydrogen-bond acceptors (Lipinski definition) is 6. The highest BCUT2D eigenvalue weighted by molar-refractivity contribution is 5.95. The number of carbonyl (C=O) groups excluding carboxylic acids is 1. The molecule has 0 radical (unpaired) electrons. The molecule has 0 bridgehead atoms. The van der Waals surface area contributed by atoms with Gasteiger partial charge in [0.25, 0.3) is 5.95 Å². The van der Waals surface area contributed by atoms with Gasteiger partial charge in [0, 0.05) is 29.0 Å². The number of fused-ring (bicyclic) bond motifs is 1. The van der Waals surface area contributed by atoms with Crippen LogP contribution in [0.25, 0.3) is 17.2 Å². The Morgan fingerprint density at radius 1 is 1.09 bits per heavy atom.